The van der Waals surface area contributed by atoms with Crippen molar-refractivity contribution < 1.29 is 9.47 Å². The van der Waals surface area contributed by atoms with Crippen LogP contribution < -0.4 is 10.1 Å². The molecule has 3 rings (SSSR count). The minimum absolute atomic E-state index is 0.332. The zero-order chi connectivity index (χ0) is 11.1. The van der Waals surface area contributed by atoms with E-state index in [-0.39, 0.29) is 0 Å². The largest absolute Gasteiger partial charge is 0.496 e. The van der Waals surface area contributed by atoms with Crippen molar-refractivity contribution in [2.45, 2.75) is 18.6 Å². The number of benzene rings is 1. The molecule has 4 heteroatoms. The number of hydrogen-bond acceptors (Lipinski definition) is 3. The molecule has 0 radical (unpaired) electrons. The van der Waals surface area contributed by atoms with Gasteiger partial charge >= 0.3 is 0 Å². The maximum atomic E-state index is 5.83. The Morgan fingerprint density at radius 1 is 1.44 bits per heavy atom. The van der Waals surface area contributed by atoms with Crippen LogP contribution in [0.15, 0.2) is 16.6 Å². The maximum absolute atomic E-state index is 5.83. The van der Waals surface area contributed by atoms with Crippen LogP contribution in [-0.4, -0.2) is 26.3 Å². The summed E-state index contributed by atoms with van der Waals surface area (Å²) in [7, 11) is 1.70. The average molecular weight is 284 g/mol. The number of methoxy groups -OCH3 is 1. The summed E-state index contributed by atoms with van der Waals surface area (Å²) in [5.41, 5.74) is 2.65. The first-order valence-corrected chi connectivity index (χ1v) is 6.27. The minimum atomic E-state index is 0.332. The van der Waals surface area contributed by atoms with Crippen molar-refractivity contribution in [1.29, 1.82) is 0 Å². The average Bonchev–Trinajstić information content (AvgIpc) is 2.76. The molecule has 1 N–H and O–H groups in total. The van der Waals surface area contributed by atoms with Crippen molar-refractivity contribution in [3.05, 3.63) is 27.7 Å². The third-order valence-electron chi connectivity index (χ3n) is 3.42. The monoisotopic (exact) mass is 283 g/mol. The smallest absolute Gasteiger partial charge is 0.133 e. The summed E-state index contributed by atoms with van der Waals surface area (Å²) in [6, 6.07) is 4.26. The number of hydrogen-bond donors (Lipinski definition) is 1. The van der Waals surface area contributed by atoms with Gasteiger partial charge in [0.05, 0.1) is 24.3 Å². The van der Waals surface area contributed by atoms with Crippen LogP contribution in [0.1, 0.15) is 17.0 Å². The lowest BCUT2D eigenvalue weighted by Gasteiger charge is -2.28. The summed E-state index contributed by atoms with van der Waals surface area (Å²) in [5.74, 6) is 1.39. The van der Waals surface area contributed by atoms with Crippen LogP contribution in [0.25, 0.3) is 0 Å². The second-order valence-corrected chi connectivity index (χ2v) is 5.15. The highest BCUT2D eigenvalue weighted by Gasteiger charge is 2.34. The van der Waals surface area contributed by atoms with Gasteiger partial charge < -0.3 is 14.8 Å². The van der Waals surface area contributed by atoms with Crippen molar-refractivity contribution in [2.75, 3.05) is 20.2 Å². The molecule has 2 atom stereocenters. The summed E-state index contributed by atoms with van der Waals surface area (Å²) in [4.78, 5) is 0. The Hall–Kier alpha value is -0.580. The molecule has 0 unspecified atom stereocenters. The van der Waals surface area contributed by atoms with E-state index >= 15 is 0 Å². The third kappa shape index (κ3) is 1.56. The molecule has 0 bridgehead atoms. The Bertz CT molecular complexity index is 422. The van der Waals surface area contributed by atoms with Gasteiger partial charge in [0, 0.05) is 19.0 Å². The Morgan fingerprint density at radius 3 is 3.12 bits per heavy atom. The lowest BCUT2D eigenvalue weighted by Crippen LogP contribution is -2.26. The second kappa shape index (κ2) is 4.02. The number of ether oxygens (including phenoxy) is 2. The SMILES string of the molecule is COc1cc2c(cc1Br)CO[C@H]1CNC[C@H]21. The van der Waals surface area contributed by atoms with E-state index in [2.05, 4.69) is 33.4 Å². The van der Waals surface area contributed by atoms with Crippen molar-refractivity contribution >= 4 is 15.9 Å². The summed E-state index contributed by atoms with van der Waals surface area (Å²) in [5, 5.41) is 3.38. The van der Waals surface area contributed by atoms with Crippen LogP contribution in [-0.2, 0) is 11.3 Å². The van der Waals surface area contributed by atoms with Crippen LogP contribution in [0.5, 0.6) is 5.75 Å². The lowest BCUT2D eigenvalue weighted by atomic mass is 9.89. The predicted octanol–water partition coefficient (Wildman–Crippen LogP) is 2.04. The highest BCUT2D eigenvalue weighted by atomic mass is 79.9. The van der Waals surface area contributed by atoms with Crippen molar-refractivity contribution in [3.8, 4) is 5.75 Å². The molecule has 0 aliphatic carbocycles. The molecule has 0 aromatic heterocycles. The first-order chi connectivity index (χ1) is 7.79. The van der Waals surface area contributed by atoms with Crippen molar-refractivity contribution in [1.82, 2.24) is 5.32 Å². The Kier molecular flexibility index (Phi) is 2.65. The number of halogens is 1. The molecule has 0 saturated carbocycles. The molecule has 0 amide bonds. The molecule has 3 nitrogen and oxygen atoms in total. The number of rotatable bonds is 1. The Labute approximate surface area is 103 Å². The van der Waals surface area contributed by atoms with Gasteiger partial charge in [-0.2, -0.15) is 0 Å². The molecule has 86 valence electrons. The molecular formula is C12H14BrNO2. The molecule has 2 heterocycles. The fourth-order valence-corrected chi connectivity index (χ4v) is 3.13. The summed E-state index contributed by atoms with van der Waals surface area (Å²) in [6.45, 7) is 2.67. The topological polar surface area (TPSA) is 30.5 Å². The Morgan fingerprint density at radius 2 is 2.31 bits per heavy atom. The molecule has 1 saturated heterocycles. The molecule has 2 aliphatic rings. The quantitative estimate of drug-likeness (QED) is 0.856. The summed E-state index contributed by atoms with van der Waals surface area (Å²) < 4.78 is 12.2. The van der Waals surface area contributed by atoms with Gasteiger partial charge in [-0.3, -0.25) is 0 Å². The fourth-order valence-electron chi connectivity index (χ4n) is 2.57. The Balaban J connectivity index is 2.07. The van der Waals surface area contributed by atoms with Gasteiger partial charge in [-0.25, -0.2) is 0 Å². The van der Waals surface area contributed by atoms with Gasteiger partial charge in [0.15, 0.2) is 0 Å². The molecule has 1 aromatic rings. The van der Waals surface area contributed by atoms with Gasteiger partial charge in [-0.05, 0) is 39.2 Å². The van der Waals surface area contributed by atoms with E-state index in [0.29, 0.717) is 18.6 Å². The van der Waals surface area contributed by atoms with E-state index in [1.165, 1.54) is 11.1 Å². The van der Waals surface area contributed by atoms with Crippen LogP contribution in [0.2, 0.25) is 0 Å². The summed E-state index contributed by atoms with van der Waals surface area (Å²) in [6.07, 6.45) is 0.332. The van der Waals surface area contributed by atoms with Crippen LogP contribution >= 0.6 is 15.9 Å². The number of fused-ring (bicyclic) bond motifs is 3. The van der Waals surface area contributed by atoms with E-state index in [1.807, 2.05) is 0 Å². The van der Waals surface area contributed by atoms with Gasteiger partial charge in [0.2, 0.25) is 0 Å². The molecule has 2 aliphatic heterocycles. The van der Waals surface area contributed by atoms with E-state index in [4.69, 9.17) is 9.47 Å². The third-order valence-corrected chi connectivity index (χ3v) is 4.04. The highest BCUT2D eigenvalue weighted by molar-refractivity contribution is 9.10. The van der Waals surface area contributed by atoms with Crippen LogP contribution in [0.4, 0.5) is 0 Å². The normalized spacial score (nSPS) is 27.4. The van der Waals surface area contributed by atoms with Gasteiger partial charge in [-0.1, -0.05) is 0 Å². The zero-order valence-electron chi connectivity index (χ0n) is 9.13. The van der Waals surface area contributed by atoms with Crippen LogP contribution in [0.3, 0.4) is 0 Å². The first kappa shape index (κ1) is 10.6. The van der Waals surface area contributed by atoms with Crippen molar-refractivity contribution in [3.63, 3.8) is 0 Å². The van der Waals surface area contributed by atoms with E-state index in [9.17, 15) is 0 Å². The van der Waals surface area contributed by atoms with Crippen molar-refractivity contribution in [2.24, 2.45) is 0 Å². The van der Waals surface area contributed by atoms with Gasteiger partial charge in [0.1, 0.15) is 5.75 Å². The van der Waals surface area contributed by atoms with Crippen LogP contribution in [0, 0.1) is 0 Å². The van der Waals surface area contributed by atoms with Gasteiger partial charge in [0.25, 0.3) is 0 Å². The minimum Gasteiger partial charge on any atom is -0.496 e. The summed E-state index contributed by atoms with van der Waals surface area (Å²) >= 11 is 3.51. The molecular weight excluding hydrogens is 270 g/mol. The van der Waals surface area contributed by atoms with Gasteiger partial charge in [-0.15, -0.1) is 0 Å². The highest BCUT2D eigenvalue weighted by Crippen LogP contribution is 2.38. The molecule has 1 aromatic carbocycles. The standard InChI is InChI=1S/C12H14BrNO2/c1-15-11-3-8-7(2-10(11)13)6-16-12-5-14-4-9(8)12/h2-3,9,12,14H,4-6H2,1H3/t9-,12+/m1/s1. The first-order valence-electron chi connectivity index (χ1n) is 5.48. The number of nitrogens with one attached hydrogen (secondary N) is 1. The van der Waals surface area contributed by atoms with E-state index in [0.717, 1.165) is 23.3 Å². The maximum Gasteiger partial charge on any atom is 0.133 e. The van der Waals surface area contributed by atoms with E-state index in [1.54, 1.807) is 7.11 Å². The predicted molar refractivity (Wildman–Crippen MR) is 64.9 cm³/mol. The van der Waals surface area contributed by atoms with E-state index < -0.39 is 0 Å². The lowest BCUT2D eigenvalue weighted by molar-refractivity contribution is 0.0298. The molecule has 0 spiro atoms. The fraction of sp³-hybridized carbons (Fsp3) is 0.500. The molecule has 1 fully saturated rings. The second-order valence-electron chi connectivity index (χ2n) is 4.30. The zero-order valence-corrected chi connectivity index (χ0v) is 10.7. The molecule has 16 heavy (non-hydrogen) atoms.